The number of carboxylic acids is 1. The van der Waals surface area contributed by atoms with Crippen molar-refractivity contribution in [3.8, 4) is 0 Å². The van der Waals surface area contributed by atoms with Crippen molar-refractivity contribution in [2.24, 2.45) is 0 Å². The van der Waals surface area contributed by atoms with E-state index in [2.05, 4.69) is 30.2 Å². The van der Waals surface area contributed by atoms with Crippen molar-refractivity contribution in [3.05, 3.63) is 65.0 Å². The highest BCUT2D eigenvalue weighted by molar-refractivity contribution is 5.95. The van der Waals surface area contributed by atoms with Crippen molar-refractivity contribution in [3.63, 3.8) is 0 Å². The third-order valence-corrected chi connectivity index (χ3v) is 4.33. The number of carbonyl (C=O) groups excluding carboxylic acids is 1. The highest BCUT2D eigenvalue weighted by atomic mass is 16.4. The molecule has 5 nitrogen and oxygen atoms in total. The Hall–Kier alpha value is -2.69. The van der Waals surface area contributed by atoms with Gasteiger partial charge in [-0.1, -0.05) is 38.1 Å². The van der Waals surface area contributed by atoms with Gasteiger partial charge in [0.2, 0.25) is 0 Å². The minimum atomic E-state index is -1.11. The van der Waals surface area contributed by atoms with E-state index < -0.39 is 5.97 Å². The highest BCUT2D eigenvalue weighted by Gasteiger charge is 2.37. The third kappa shape index (κ3) is 2.82. The molecule has 1 aliphatic rings. The summed E-state index contributed by atoms with van der Waals surface area (Å²) in [6.45, 7) is 4.34. The molecule has 1 aromatic carbocycles. The second-order valence-electron chi connectivity index (χ2n) is 6.44. The van der Waals surface area contributed by atoms with Crippen molar-refractivity contribution in [1.82, 2.24) is 10.3 Å². The number of carboxylic acid groups (broad SMARTS) is 1. The molecule has 1 aliphatic carbocycles. The first-order valence-electron chi connectivity index (χ1n) is 7.48. The number of pyridine rings is 1. The number of rotatable bonds is 3. The fourth-order valence-corrected chi connectivity index (χ4v) is 3.17. The van der Waals surface area contributed by atoms with E-state index in [4.69, 9.17) is 5.11 Å². The van der Waals surface area contributed by atoms with Crippen molar-refractivity contribution in [2.75, 3.05) is 0 Å². The van der Waals surface area contributed by atoms with Crippen LogP contribution in [0.4, 0.5) is 0 Å². The summed E-state index contributed by atoms with van der Waals surface area (Å²) in [5, 5.41) is 11.9. The molecule has 0 radical (unpaired) electrons. The maximum absolute atomic E-state index is 12.4. The first kappa shape index (κ1) is 15.2. The van der Waals surface area contributed by atoms with E-state index in [1.165, 1.54) is 23.9 Å². The molecule has 0 saturated carbocycles. The molecule has 1 aromatic heterocycles. The van der Waals surface area contributed by atoms with Crippen LogP contribution in [0, 0.1) is 0 Å². The quantitative estimate of drug-likeness (QED) is 0.913. The molecule has 1 unspecified atom stereocenters. The first-order chi connectivity index (χ1) is 10.9. The fraction of sp³-hybridized carbons (Fsp3) is 0.278. The molecule has 2 aromatic rings. The normalized spacial score (nSPS) is 18.3. The Balaban J connectivity index is 1.80. The minimum Gasteiger partial charge on any atom is -0.477 e. The lowest BCUT2D eigenvalue weighted by Gasteiger charge is -2.19. The van der Waals surface area contributed by atoms with Gasteiger partial charge in [0, 0.05) is 6.20 Å². The van der Waals surface area contributed by atoms with Crippen LogP contribution >= 0.6 is 0 Å². The van der Waals surface area contributed by atoms with Gasteiger partial charge in [-0.2, -0.15) is 0 Å². The van der Waals surface area contributed by atoms with Gasteiger partial charge >= 0.3 is 5.97 Å². The summed E-state index contributed by atoms with van der Waals surface area (Å²) in [6.07, 6.45) is 2.13. The lowest BCUT2D eigenvalue weighted by molar-refractivity contribution is 0.0689. The van der Waals surface area contributed by atoms with Crippen molar-refractivity contribution >= 4 is 11.9 Å². The monoisotopic (exact) mass is 310 g/mol. The number of aromatic carboxylic acids is 1. The zero-order chi connectivity index (χ0) is 16.6. The van der Waals surface area contributed by atoms with Gasteiger partial charge in [0.25, 0.3) is 5.91 Å². The summed E-state index contributed by atoms with van der Waals surface area (Å²) in [4.78, 5) is 27.0. The molecule has 1 heterocycles. The van der Waals surface area contributed by atoms with Crippen molar-refractivity contribution in [2.45, 2.75) is 31.7 Å². The van der Waals surface area contributed by atoms with Crippen molar-refractivity contribution in [1.29, 1.82) is 0 Å². The van der Waals surface area contributed by atoms with Crippen LogP contribution in [-0.2, 0) is 5.41 Å². The summed E-state index contributed by atoms with van der Waals surface area (Å²) in [5.41, 5.74) is 2.69. The van der Waals surface area contributed by atoms with E-state index in [1.54, 1.807) is 0 Å². The number of nitrogens with one attached hydrogen (secondary N) is 1. The number of carbonyl (C=O) groups is 2. The topological polar surface area (TPSA) is 79.3 Å². The molecule has 118 valence electrons. The zero-order valence-electron chi connectivity index (χ0n) is 13.0. The summed E-state index contributed by atoms with van der Waals surface area (Å²) in [6, 6.07) is 10.9. The number of aromatic nitrogens is 1. The van der Waals surface area contributed by atoms with Crippen LogP contribution in [0.1, 0.15) is 58.3 Å². The molecule has 0 bridgehead atoms. The molecule has 2 N–H and O–H groups in total. The number of amides is 1. The first-order valence-corrected chi connectivity index (χ1v) is 7.48. The average Bonchev–Trinajstić information content (AvgIpc) is 2.79. The molecule has 5 heteroatoms. The Bertz CT molecular complexity index is 766. The maximum atomic E-state index is 12.4. The fourth-order valence-electron chi connectivity index (χ4n) is 3.17. The van der Waals surface area contributed by atoms with E-state index in [1.807, 2.05) is 18.2 Å². The number of hydrogen-bond acceptors (Lipinski definition) is 3. The van der Waals surface area contributed by atoms with Crippen LogP contribution in [-0.4, -0.2) is 22.0 Å². The van der Waals surface area contributed by atoms with Gasteiger partial charge in [0.15, 0.2) is 0 Å². The predicted molar refractivity (Wildman–Crippen MR) is 85.5 cm³/mol. The lowest BCUT2D eigenvalue weighted by atomic mass is 9.86. The molecule has 0 aliphatic heterocycles. The standard InChI is InChI=1S/C18H18N2O3/c1-18(2)9-15(12-5-3-4-6-13(12)18)20-16(21)11-7-8-14(17(22)23)19-10-11/h3-8,10,15H,9H2,1-2H3,(H,20,21)(H,22,23). The number of hydrogen-bond donors (Lipinski definition) is 2. The molecule has 1 atom stereocenters. The van der Waals surface area contributed by atoms with Crippen LogP contribution in [0.5, 0.6) is 0 Å². The van der Waals surface area contributed by atoms with Crippen LogP contribution in [0.15, 0.2) is 42.6 Å². The molecular formula is C18H18N2O3. The number of fused-ring (bicyclic) bond motifs is 1. The number of nitrogens with zero attached hydrogens (tertiary/aromatic N) is 1. The Labute approximate surface area is 134 Å². The van der Waals surface area contributed by atoms with E-state index in [-0.39, 0.29) is 23.1 Å². The summed E-state index contributed by atoms with van der Waals surface area (Å²) in [7, 11) is 0. The van der Waals surface area contributed by atoms with Gasteiger partial charge in [0.1, 0.15) is 5.69 Å². The molecule has 0 spiro atoms. The minimum absolute atomic E-state index is 0.0138. The van der Waals surface area contributed by atoms with Crippen LogP contribution in [0.25, 0.3) is 0 Å². The smallest absolute Gasteiger partial charge is 0.354 e. The molecule has 0 saturated heterocycles. The summed E-state index contributed by atoms with van der Waals surface area (Å²) < 4.78 is 0. The lowest BCUT2D eigenvalue weighted by Crippen LogP contribution is -2.28. The highest BCUT2D eigenvalue weighted by Crippen LogP contribution is 2.44. The van der Waals surface area contributed by atoms with Gasteiger partial charge in [-0.3, -0.25) is 4.79 Å². The van der Waals surface area contributed by atoms with Crippen LogP contribution in [0.2, 0.25) is 0 Å². The Morgan fingerprint density at radius 1 is 1.22 bits per heavy atom. The van der Waals surface area contributed by atoms with E-state index >= 15 is 0 Å². The largest absolute Gasteiger partial charge is 0.477 e. The van der Waals surface area contributed by atoms with E-state index in [0.717, 1.165) is 12.0 Å². The summed E-state index contributed by atoms with van der Waals surface area (Å²) >= 11 is 0. The second-order valence-corrected chi connectivity index (χ2v) is 6.44. The molecule has 23 heavy (non-hydrogen) atoms. The van der Waals surface area contributed by atoms with Crippen LogP contribution in [0.3, 0.4) is 0 Å². The van der Waals surface area contributed by atoms with Gasteiger partial charge in [-0.05, 0) is 35.1 Å². The molecule has 3 rings (SSSR count). The third-order valence-electron chi connectivity index (χ3n) is 4.33. The molecule has 0 fully saturated rings. The maximum Gasteiger partial charge on any atom is 0.354 e. The van der Waals surface area contributed by atoms with Crippen LogP contribution < -0.4 is 5.32 Å². The Kier molecular flexibility index (Phi) is 3.64. The van der Waals surface area contributed by atoms with E-state index in [0.29, 0.717) is 5.56 Å². The van der Waals surface area contributed by atoms with E-state index in [9.17, 15) is 9.59 Å². The van der Waals surface area contributed by atoms with Gasteiger partial charge in [-0.25, -0.2) is 9.78 Å². The Morgan fingerprint density at radius 3 is 2.61 bits per heavy atom. The summed E-state index contributed by atoms with van der Waals surface area (Å²) in [5.74, 6) is -1.35. The van der Waals surface area contributed by atoms with Gasteiger partial charge in [-0.15, -0.1) is 0 Å². The Morgan fingerprint density at radius 2 is 1.96 bits per heavy atom. The SMILES string of the molecule is CC1(C)CC(NC(=O)c2ccc(C(=O)O)nc2)c2ccccc21. The molecular weight excluding hydrogens is 292 g/mol. The zero-order valence-corrected chi connectivity index (χ0v) is 13.0. The van der Waals surface area contributed by atoms with Crippen molar-refractivity contribution < 1.29 is 14.7 Å². The molecule has 1 amide bonds. The van der Waals surface area contributed by atoms with Gasteiger partial charge < -0.3 is 10.4 Å². The average molecular weight is 310 g/mol. The second kappa shape index (κ2) is 5.50. The predicted octanol–water partition coefficient (Wildman–Crippen LogP) is 2.93. The van der Waals surface area contributed by atoms with Gasteiger partial charge in [0.05, 0.1) is 11.6 Å². The number of benzene rings is 1.